The zero-order chi connectivity index (χ0) is 11.5. The van der Waals surface area contributed by atoms with Gasteiger partial charge in [0, 0.05) is 24.5 Å². The number of hydrogen-bond acceptors (Lipinski definition) is 3. The highest BCUT2D eigenvalue weighted by atomic mass is 16.3. The van der Waals surface area contributed by atoms with Gasteiger partial charge in [0.15, 0.2) is 0 Å². The Balaban J connectivity index is 1.62. The number of nitrogens with zero attached hydrogens (tertiary/aromatic N) is 2. The van der Waals surface area contributed by atoms with Crippen molar-refractivity contribution in [2.45, 2.75) is 37.9 Å². The Morgan fingerprint density at radius 3 is 3.24 bits per heavy atom. The van der Waals surface area contributed by atoms with Gasteiger partial charge in [-0.15, -0.1) is 0 Å². The zero-order valence-corrected chi connectivity index (χ0v) is 9.75. The van der Waals surface area contributed by atoms with Crippen molar-refractivity contribution < 1.29 is 4.42 Å². The molecule has 1 saturated carbocycles. The lowest BCUT2D eigenvalue weighted by molar-refractivity contribution is 0.371. The summed E-state index contributed by atoms with van der Waals surface area (Å²) >= 11 is 0. The van der Waals surface area contributed by atoms with Crippen LogP contribution in [0.2, 0.25) is 0 Å². The summed E-state index contributed by atoms with van der Waals surface area (Å²) in [5.74, 6) is 1.00. The van der Waals surface area contributed by atoms with Gasteiger partial charge in [-0.2, -0.15) is 0 Å². The molecule has 1 aliphatic carbocycles. The number of hydrogen-bond donors (Lipinski definition) is 1. The van der Waals surface area contributed by atoms with E-state index in [0.29, 0.717) is 12.1 Å². The molecule has 2 aromatic heterocycles. The molecule has 4 heteroatoms. The Morgan fingerprint density at radius 2 is 2.47 bits per heavy atom. The molecule has 0 amide bonds. The van der Waals surface area contributed by atoms with E-state index in [2.05, 4.69) is 21.1 Å². The molecule has 1 fully saturated rings. The monoisotopic (exact) mass is 231 g/mol. The van der Waals surface area contributed by atoms with Crippen LogP contribution >= 0.6 is 0 Å². The SMILES string of the molecule is c1coc(CNC2CCCC2n2ccnc2)c1. The average molecular weight is 231 g/mol. The molecule has 2 unspecified atom stereocenters. The highest BCUT2D eigenvalue weighted by Crippen LogP contribution is 2.30. The molecule has 17 heavy (non-hydrogen) atoms. The second-order valence-electron chi connectivity index (χ2n) is 4.57. The summed E-state index contributed by atoms with van der Waals surface area (Å²) in [6, 6.07) is 4.99. The molecule has 3 rings (SSSR count). The van der Waals surface area contributed by atoms with Crippen LogP contribution in [0.3, 0.4) is 0 Å². The van der Waals surface area contributed by atoms with Crippen molar-refractivity contribution in [3.63, 3.8) is 0 Å². The third-order valence-electron chi connectivity index (χ3n) is 3.51. The van der Waals surface area contributed by atoms with E-state index in [4.69, 9.17) is 4.42 Å². The van der Waals surface area contributed by atoms with E-state index >= 15 is 0 Å². The summed E-state index contributed by atoms with van der Waals surface area (Å²) in [7, 11) is 0. The smallest absolute Gasteiger partial charge is 0.117 e. The van der Waals surface area contributed by atoms with Crippen LogP contribution in [0, 0.1) is 0 Å². The van der Waals surface area contributed by atoms with Crippen molar-refractivity contribution >= 4 is 0 Å². The van der Waals surface area contributed by atoms with Crippen LogP contribution < -0.4 is 5.32 Å². The first-order chi connectivity index (χ1) is 8.43. The lowest BCUT2D eigenvalue weighted by atomic mass is 10.1. The molecule has 4 nitrogen and oxygen atoms in total. The minimum Gasteiger partial charge on any atom is -0.468 e. The van der Waals surface area contributed by atoms with Crippen LogP contribution in [0.15, 0.2) is 41.5 Å². The molecule has 0 aliphatic heterocycles. The van der Waals surface area contributed by atoms with Gasteiger partial charge in [-0.3, -0.25) is 0 Å². The van der Waals surface area contributed by atoms with Crippen molar-refractivity contribution in [2.24, 2.45) is 0 Å². The highest BCUT2D eigenvalue weighted by Gasteiger charge is 2.27. The van der Waals surface area contributed by atoms with Gasteiger partial charge in [0.2, 0.25) is 0 Å². The summed E-state index contributed by atoms with van der Waals surface area (Å²) in [6.07, 6.45) is 11.3. The molecule has 2 aromatic rings. The fourth-order valence-electron chi connectivity index (χ4n) is 2.65. The Labute approximate surface area is 101 Å². The summed E-state index contributed by atoms with van der Waals surface area (Å²) in [4.78, 5) is 4.13. The largest absolute Gasteiger partial charge is 0.468 e. The standard InChI is InChI=1S/C13H17N3O/c1-4-12(15-9-11-3-2-8-17-11)13(5-1)16-7-6-14-10-16/h2-3,6-8,10,12-13,15H,1,4-5,9H2. The molecule has 1 N–H and O–H groups in total. The van der Waals surface area contributed by atoms with Gasteiger partial charge in [0.25, 0.3) is 0 Å². The predicted molar refractivity (Wildman–Crippen MR) is 64.5 cm³/mol. The van der Waals surface area contributed by atoms with Gasteiger partial charge in [-0.1, -0.05) is 0 Å². The van der Waals surface area contributed by atoms with E-state index in [1.165, 1.54) is 19.3 Å². The second-order valence-corrected chi connectivity index (χ2v) is 4.57. The lowest BCUT2D eigenvalue weighted by Crippen LogP contribution is -2.33. The van der Waals surface area contributed by atoms with Crippen LogP contribution in [-0.4, -0.2) is 15.6 Å². The molecule has 0 saturated heterocycles. The normalized spacial score (nSPS) is 24.2. The summed E-state index contributed by atoms with van der Waals surface area (Å²) in [5.41, 5.74) is 0. The van der Waals surface area contributed by atoms with Gasteiger partial charge in [-0.05, 0) is 31.4 Å². The molecular formula is C13H17N3O. The van der Waals surface area contributed by atoms with E-state index < -0.39 is 0 Å². The average Bonchev–Trinajstić information content (AvgIpc) is 3.09. The Hall–Kier alpha value is -1.55. The first-order valence-corrected chi connectivity index (χ1v) is 6.17. The second kappa shape index (κ2) is 4.75. The van der Waals surface area contributed by atoms with E-state index in [9.17, 15) is 0 Å². The Kier molecular flexibility index (Phi) is 2.96. The highest BCUT2D eigenvalue weighted by molar-refractivity contribution is 4.99. The number of aromatic nitrogens is 2. The van der Waals surface area contributed by atoms with E-state index in [0.717, 1.165) is 12.3 Å². The van der Waals surface area contributed by atoms with Crippen LogP contribution in [0.4, 0.5) is 0 Å². The van der Waals surface area contributed by atoms with Crippen molar-refractivity contribution in [3.8, 4) is 0 Å². The van der Waals surface area contributed by atoms with Gasteiger partial charge in [0.1, 0.15) is 5.76 Å². The summed E-state index contributed by atoms with van der Waals surface area (Å²) < 4.78 is 7.55. The number of rotatable bonds is 4. The van der Waals surface area contributed by atoms with Crippen molar-refractivity contribution in [3.05, 3.63) is 42.9 Å². The summed E-state index contributed by atoms with van der Waals surface area (Å²) in [6.45, 7) is 0.808. The Morgan fingerprint density at radius 1 is 1.47 bits per heavy atom. The van der Waals surface area contributed by atoms with Gasteiger partial charge in [0.05, 0.1) is 19.1 Å². The topological polar surface area (TPSA) is 43.0 Å². The third-order valence-corrected chi connectivity index (χ3v) is 3.51. The van der Waals surface area contributed by atoms with Crippen molar-refractivity contribution in [1.82, 2.24) is 14.9 Å². The maximum absolute atomic E-state index is 5.34. The van der Waals surface area contributed by atoms with Crippen LogP contribution in [-0.2, 0) is 6.54 Å². The minimum absolute atomic E-state index is 0.523. The van der Waals surface area contributed by atoms with E-state index in [1.54, 1.807) is 6.26 Å². The maximum atomic E-state index is 5.34. The maximum Gasteiger partial charge on any atom is 0.117 e. The molecule has 0 aromatic carbocycles. The van der Waals surface area contributed by atoms with Crippen molar-refractivity contribution in [1.29, 1.82) is 0 Å². The fraction of sp³-hybridized carbons (Fsp3) is 0.462. The number of imidazole rings is 1. The minimum atomic E-state index is 0.523. The molecule has 1 aliphatic rings. The molecule has 0 spiro atoms. The fourth-order valence-corrected chi connectivity index (χ4v) is 2.65. The van der Waals surface area contributed by atoms with Gasteiger partial charge < -0.3 is 14.3 Å². The molecule has 90 valence electrons. The van der Waals surface area contributed by atoms with Crippen LogP contribution in [0.5, 0.6) is 0 Å². The van der Waals surface area contributed by atoms with Crippen LogP contribution in [0.25, 0.3) is 0 Å². The number of furan rings is 1. The molecule has 2 heterocycles. The first-order valence-electron chi connectivity index (χ1n) is 6.17. The third kappa shape index (κ3) is 2.26. The molecule has 2 atom stereocenters. The van der Waals surface area contributed by atoms with Crippen molar-refractivity contribution in [2.75, 3.05) is 0 Å². The predicted octanol–water partition coefficient (Wildman–Crippen LogP) is 2.36. The van der Waals surface area contributed by atoms with Gasteiger partial charge >= 0.3 is 0 Å². The zero-order valence-electron chi connectivity index (χ0n) is 9.75. The summed E-state index contributed by atoms with van der Waals surface area (Å²) in [5, 5.41) is 3.58. The molecular weight excluding hydrogens is 214 g/mol. The number of nitrogens with one attached hydrogen (secondary N) is 1. The van der Waals surface area contributed by atoms with E-state index in [1.807, 2.05) is 24.7 Å². The molecule has 0 bridgehead atoms. The Bertz CT molecular complexity index is 435. The van der Waals surface area contributed by atoms with Crippen LogP contribution in [0.1, 0.15) is 31.1 Å². The quantitative estimate of drug-likeness (QED) is 0.878. The molecule has 0 radical (unpaired) electrons. The first kappa shape index (κ1) is 10.6. The lowest BCUT2D eigenvalue weighted by Gasteiger charge is -2.21. The van der Waals surface area contributed by atoms with Gasteiger partial charge in [-0.25, -0.2) is 4.98 Å². The van der Waals surface area contributed by atoms with E-state index in [-0.39, 0.29) is 0 Å².